The Morgan fingerprint density at radius 3 is 2.52 bits per heavy atom. The molecule has 0 radical (unpaired) electrons. The number of piperazine rings is 1. The number of halogens is 2. The van der Waals surface area contributed by atoms with Crippen LogP contribution in [0, 0.1) is 11.6 Å². The first kappa shape index (κ1) is 18.9. The zero-order chi connectivity index (χ0) is 20.4. The quantitative estimate of drug-likeness (QED) is 0.671. The van der Waals surface area contributed by atoms with Crippen molar-refractivity contribution in [3.63, 3.8) is 0 Å². The van der Waals surface area contributed by atoms with Gasteiger partial charge in [0.05, 0.1) is 12.8 Å². The minimum atomic E-state index is -0.987. The van der Waals surface area contributed by atoms with Gasteiger partial charge in [-0.25, -0.2) is 8.78 Å². The van der Waals surface area contributed by atoms with Crippen molar-refractivity contribution in [1.82, 2.24) is 10.1 Å². The molecule has 4 rings (SSSR count). The van der Waals surface area contributed by atoms with Gasteiger partial charge < -0.3 is 19.1 Å². The number of aromatic nitrogens is 1. The summed E-state index contributed by atoms with van der Waals surface area (Å²) in [7, 11) is 1.63. The van der Waals surface area contributed by atoms with Crippen LogP contribution in [-0.2, 0) is 0 Å². The van der Waals surface area contributed by atoms with Crippen molar-refractivity contribution in [3.8, 4) is 17.1 Å². The van der Waals surface area contributed by atoms with Crippen molar-refractivity contribution in [2.45, 2.75) is 0 Å². The SMILES string of the molecule is COc1ccccc1N1CCN(C(=O)c2cc(-c3ccc(F)c(F)c3)on2)CC1. The van der Waals surface area contributed by atoms with Crippen molar-refractivity contribution in [2.24, 2.45) is 0 Å². The number of hydrogen-bond acceptors (Lipinski definition) is 5. The average Bonchev–Trinajstić information content (AvgIpc) is 3.25. The van der Waals surface area contributed by atoms with E-state index in [1.807, 2.05) is 24.3 Å². The molecule has 0 aliphatic carbocycles. The summed E-state index contributed by atoms with van der Waals surface area (Å²) in [5.41, 5.74) is 1.44. The number of hydrogen-bond donors (Lipinski definition) is 0. The number of nitrogens with zero attached hydrogens (tertiary/aromatic N) is 3. The van der Waals surface area contributed by atoms with Crippen molar-refractivity contribution in [3.05, 3.63) is 65.9 Å². The summed E-state index contributed by atoms with van der Waals surface area (Å²) in [5, 5.41) is 3.81. The van der Waals surface area contributed by atoms with Crippen LogP contribution in [0.15, 0.2) is 53.1 Å². The Hall–Kier alpha value is -3.42. The Bertz CT molecular complexity index is 1030. The van der Waals surface area contributed by atoms with Crippen molar-refractivity contribution >= 4 is 11.6 Å². The zero-order valence-electron chi connectivity index (χ0n) is 15.8. The van der Waals surface area contributed by atoms with Gasteiger partial charge >= 0.3 is 0 Å². The molecule has 1 aromatic heterocycles. The molecule has 1 saturated heterocycles. The lowest BCUT2D eigenvalue weighted by Gasteiger charge is -2.36. The third kappa shape index (κ3) is 3.78. The number of rotatable bonds is 4. The maximum Gasteiger partial charge on any atom is 0.276 e. The highest BCUT2D eigenvalue weighted by atomic mass is 19.2. The predicted octanol–water partition coefficient (Wildman–Crippen LogP) is 3.59. The number of carbonyl (C=O) groups excluding carboxylic acids is 1. The van der Waals surface area contributed by atoms with Gasteiger partial charge in [-0.2, -0.15) is 0 Å². The van der Waals surface area contributed by atoms with Crippen LogP contribution >= 0.6 is 0 Å². The van der Waals surface area contributed by atoms with E-state index in [4.69, 9.17) is 9.26 Å². The second kappa shape index (κ2) is 7.90. The molecule has 1 aliphatic heterocycles. The van der Waals surface area contributed by atoms with E-state index in [0.717, 1.165) is 23.6 Å². The van der Waals surface area contributed by atoms with Crippen LogP contribution in [0.2, 0.25) is 0 Å². The highest BCUT2D eigenvalue weighted by Crippen LogP contribution is 2.29. The largest absolute Gasteiger partial charge is 0.495 e. The Balaban J connectivity index is 1.44. The Labute approximate surface area is 166 Å². The number of anilines is 1. The molecule has 1 aliphatic rings. The summed E-state index contributed by atoms with van der Waals surface area (Å²) >= 11 is 0. The minimum absolute atomic E-state index is 0.135. The van der Waals surface area contributed by atoms with E-state index < -0.39 is 11.6 Å². The van der Waals surface area contributed by atoms with Gasteiger partial charge in [-0.15, -0.1) is 0 Å². The third-order valence-electron chi connectivity index (χ3n) is 4.93. The molecule has 2 heterocycles. The number of ether oxygens (including phenoxy) is 1. The number of carbonyl (C=O) groups is 1. The second-order valence-corrected chi connectivity index (χ2v) is 6.66. The Morgan fingerprint density at radius 2 is 1.79 bits per heavy atom. The smallest absolute Gasteiger partial charge is 0.276 e. The summed E-state index contributed by atoms with van der Waals surface area (Å²) < 4.78 is 37.1. The van der Waals surface area contributed by atoms with E-state index in [-0.39, 0.29) is 17.4 Å². The second-order valence-electron chi connectivity index (χ2n) is 6.66. The molecule has 0 unspecified atom stereocenters. The third-order valence-corrected chi connectivity index (χ3v) is 4.93. The molecular formula is C21H19F2N3O3. The molecule has 2 aromatic carbocycles. The van der Waals surface area contributed by atoms with E-state index in [1.54, 1.807) is 12.0 Å². The Kier molecular flexibility index (Phi) is 5.16. The van der Waals surface area contributed by atoms with E-state index >= 15 is 0 Å². The molecule has 150 valence electrons. The fraction of sp³-hybridized carbons (Fsp3) is 0.238. The fourth-order valence-corrected chi connectivity index (χ4v) is 3.36. The molecule has 0 spiro atoms. The topological polar surface area (TPSA) is 58.8 Å². The van der Waals surface area contributed by atoms with Gasteiger partial charge in [-0.3, -0.25) is 4.79 Å². The molecule has 6 nitrogen and oxygen atoms in total. The highest BCUT2D eigenvalue weighted by molar-refractivity contribution is 5.93. The summed E-state index contributed by atoms with van der Waals surface area (Å²) in [4.78, 5) is 16.6. The van der Waals surface area contributed by atoms with Crippen LogP contribution in [0.4, 0.5) is 14.5 Å². The minimum Gasteiger partial charge on any atom is -0.495 e. The molecular weight excluding hydrogens is 380 g/mol. The highest BCUT2D eigenvalue weighted by Gasteiger charge is 2.26. The van der Waals surface area contributed by atoms with Crippen molar-refractivity contribution in [2.75, 3.05) is 38.2 Å². The monoisotopic (exact) mass is 399 g/mol. The van der Waals surface area contributed by atoms with Crippen LogP contribution in [-0.4, -0.2) is 49.3 Å². The van der Waals surface area contributed by atoms with Crippen LogP contribution < -0.4 is 9.64 Å². The van der Waals surface area contributed by atoms with Crippen LogP contribution in [0.5, 0.6) is 5.75 Å². The van der Waals surface area contributed by atoms with Crippen LogP contribution in [0.1, 0.15) is 10.5 Å². The number of amides is 1. The molecule has 0 N–H and O–H groups in total. The normalized spacial score (nSPS) is 14.2. The summed E-state index contributed by atoms with van der Waals surface area (Å²) in [5.74, 6) is -1.20. The van der Waals surface area contributed by atoms with E-state index in [1.165, 1.54) is 12.1 Å². The predicted molar refractivity (Wildman–Crippen MR) is 103 cm³/mol. The van der Waals surface area contributed by atoms with E-state index in [2.05, 4.69) is 10.1 Å². The van der Waals surface area contributed by atoms with Gasteiger partial charge in [0.25, 0.3) is 5.91 Å². The molecule has 29 heavy (non-hydrogen) atoms. The summed E-state index contributed by atoms with van der Waals surface area (Å²) in [6, 6.07) is 12.6. The maximum absolute atomic E-state index is 13.4. The van der Waals surface area contributed by atoms with E-state index in [0.29, 0.717) is 31.7 Å². The van der Waals surface area contributed by atoms with Gasteiger partial charge in [0.1, 0.15) is 5.75 Å². The lowest BCUT2D eigenvalue weighted by Crippen LogP contribution is -2.49. The first-order valence-corrected chi connectivity index (χ1v) is 9.16. The Morgan fingerprint density at radius 1 is 1.03 bits per heavy atom. The molecule has 1 amide bonds. The van der Waals surface area contributed by atoms with Crippen molar-refractivity contribution < 1.29 is 22.8 Å². The molecule has 3 aromatic rings. The summed E-state index contributed by atoms with van der Waals surface area (Å²) in [6.07, 6.45) is 0. The lowest BCUT2D eigenvalue weighted by molar-refractivity contribution is 0.0736. The number of para-hydroxylation sites is 2. The van der Waals surface area contributed by atoms with Gasteiger partial charge in [-0.1, -0.05) is 17.3 Å². The van der Waals surface area contributed by atoms with E-state index in [9.17, 15) is 13.6 Å². The van der Waals surface area contributed by atoms with Gasteiger partial charge in [0.15, 0.2) is 23.1 Å². The van der Waals surface area contributed by atoms with Gasteiger partial charge in [0, 0.05) is 37.8 Å². The van der Waals surface area contributed by atoms with Gasteiger partial charge in [0.2, 0.25) is 0 Å². The molecule has 0 saturated carbocycles. The zero-order valence-corrected chi connectivity index (χ0v) is 15.8. The standard InChI is InChI=1S/C21H19F2N3O3/c1-28-19-5-3-2-4-18(19)25-8-10-26(11-9-25)21(27)17-13-20(29-24-17)14-6-7-15(22)16(23)12-14/h2-7,12-13H,8-11H2,1H3. The number of methoxy groups -OCH3 is 1. The molecule has 1 fully saturated rings. The lowest BCUT2D eigenvalue weighted by atomic mass is 10.1. The fourth-order valence-electron chi connectivity index (χ4n) is 3.36. The van der Waals surface area contributed by atoms with Crippen LogP contribution in [0.3, 0.4) is 0 Å². The first-order valence-electron chi connectivity index (χ1n) is 9.16. The molecule has 8 heteroatoms. The molecule has 0 bridgehead atoms. The maximum atomic E-state index is 13.4. The molecule has 0 atom stereocenters. The first-order chi connectivity index (χ1) is 14.1. The van der Waals surface area contributed by atoms with Gasteiger partial charge in [-0.05, 0) is 30.3 Å². The summed E-state index contributed by atoms with van der Waals surface area (Å²) in [6.45, 7) is 2.34. The number of benzene rings is 2. The average molecular weight is 399 g/mol. The van der Waals surface area contributed by atoms with Crippen LogP contribution in [0.25, 0.3) is 11.3 Å². The van der Waals surface area contributed by atoms with Crippen molar-refractivity contribution in [1.29, 1.82) is 0 Å².